The molecule has 6 heteroatoms. The van der Waals surface area contributed by atoms with Gasteiger partial charge in [0.1, 0.15) is 13.2 Å². The summed E-state index contributed by atoms with van der Waals surface area (Å²) >= 11 is 0. The molecule has 0 aliphatic carbocycles. The third-order valence-corrected chi connectivity index (χ3v) is 13.3. The zero-order valence-corrected chi connectivity index (χ0v) is 51.1. The zero-order valence-electron chi connectivity index (χ0n) is 51.1. The third-order valence-electron chi connectivity index (χ3n) is 13.3. The fourth-order valence-electron chi connectivity index (χ4n) is 8.58. The summed E-state index contributed by atoms with van der Waals surface area (Å²) in [6.07, 6.45) is 94.3. The van der Waals surface area contributed by atoms with E-state index in [9.17, 15) is 14.4 Å². The van der Waals surface area contributed by atoms with E-state index in [-0.39, 0.29) is 37.5 Å². The van der Waals surface area contributed by atoms with Crippen molar-refractivity contribution in [1.82, 2.24) is 0 Å². The molecule has 446 valence electrons. The molecule has 0 fully saturated rings. The average molecular weight is 1090 g/mol. The number of rotatable bonds is 57. The van der Waals surface area contributed by atoms with E-state index in [1.807, 2.05) is 0 Å². The van der Waals surface area contributed by atoms with Gasteiger partial charge in [0.2, 0.25) is 0 Å². The smallest absolute Gasteiger partial charge is 0.306 e. The van der Waals surface area contributed by atoms with E-state index >= 15 is 0 Å². The number of esters is 3. The zero-order chi connectivity index (χ0) is 57.1. The van der Waals surface area contributed by atoms with Gasteiger partial charge < -0.3 is 14.2 Å². The number of ether oxygens (including phenoxy) is 3. The van der Waals surface area contributed by atoms with Crippen molar-refractivity contribution in [2.75, 3.05) is 13.2 Å². The van der Waals surface area contributed by atoms with Crippen LogP contribution in [0.5, 0.6) is 0 Å². The van der Waals surface area contributed by atoms with Crippen LogP contribution in [0.4, 0.5) is 0 Å². The van der Waals surface area contributed by atoms with Crippen molar-refractivity contribution in [1.29, 1.82) is 0 Å². The summed E-state index contributed by atoms with van der Waals surface area (Å²) < 4.78 is 16.9. The van der Waals surface area contributed by atoms with E-state index in [1.165, 1.54) is 103 Å². The first-order valence-corrected chi connectivity index (χ1v) is 32.3. The van der Waals surface area contributed by atoms with Crippen molar-refractivity contribution in [3.63, 3.8) is 0 Å². The second kappa shape index (κ2) is 65.8. The van der Waals surface area contributed by atoms with Crippen LogP contribution >= 0.6 is 0 Å². The van der Waals surface area contributed by atoms with Crippen molar-refractivity contribution in [3.8, 4) is 0 Å². The molecular formula is C73H118O6. The van der Waals surface area contributed by atoms with Crippen molar-refractivity contribution in [3.05, 3.63) is 146 Å². The number of carbonyl (C=O) groups excluding carboxylic acids is 3. The second-order valence-corrected chi connectivity index (χ2v) is 20.9. The summed E-state index contributed by atoms with van der Waals surface area (Å²) in [4.78, 5) is 38.3. The molecule has 0 aromatic carbocycles. The SMILES string of the molecule is CC/C=C\C/C=C\C/C=C\C/C=C\C/C=C\C/C=C\C/C=C\CCCCCC(=O)OCC(COC(=O)CCC/C=C\C/C=C\C/C=C\C/C=C\C/C=C\CC)OC(=O)CCCCCCCCCCCCCCCCCCCCC. The molecule has 6 nitrogen and oxygen atoms in total. The average Bonchev–Trinajstić information content (AvgIpc) is 3.45. The lowest BCUT2D eigenvalue weighted by Gasteiger charge is -2.18. The minimum Gasteiger partial charge on any atom is -0.462 e. The molecule has 0 amide bonds. The van der Waals surface area contributed by atoms with E-state index in [1.54, 1.807) is 0 Å². The highest BCUT2D eigenvalue weighted by atomic mass is 16.6. The quantitative estimate of drug-likeness (QED) is 0.0261. The van der Waals surface area contributed by atoms with Gasteiger partial charge in [0.25, 0.3) is 0 Å². The lowest BCUT2D eigenvalue weighted by atomic mass is 10.0. The molecule has 0 bridgehead atoms. The fourth-order valence-corrected chi connectivity index (χ4v) is 8.58. The second-order valence-electron chi connectivity index (χ2n) is 20.9. The summed E-state index contributed by atoms with van der Waals surface area (Å²) in [5, 5.41) is 0. The van der Waals surface area contributed by atoms with Gasteiger partial charge in [0, 0.05) is 19.3 Å². The van der Waals surface area contributed by atoms with Gasteiger partial charge in [-0.25, -0.2) is 0 Å². The Kier molecular flexibility index (Phi) is 61.9. The van der Waals surface area contributed by atoms with Crippen LogP contribution in [-0.4, -0.2) is 37.2 Å². The van der Waals surface area contributed by atoms with E-state index in [4.69, 9.17) is 14.2 Å². The Hall–Kier alpha value is -4.71. The van der Waals surface area contributed by atoms with Crippen LogP contribution in [-0.2, 0) is 28.6 Å². The van der Waals surface area contributed by atoms with Gasteiger partial charge in [-0.2, -0.15) is 0 Å². The van der Waals surface area contributed by atoms with Crippen molar-refractivity contribution in [2.45, 2.75) is 284 Å². The van der Waals surface area contributed by atoms with Crippen molar-refractivity contribution >= 4 is 17.9 Å². The summed E-state index contributed by atoms with van der Waals surface area (Å²) in [5.41, 5.74) is 0. The maximum Gasteiger partial charge on any atom is 0.306 e. The summed E-state index contributed by atoms with van der Waals surface area (Å²) in [6.45, 7) is 6.35. The topological polar surface area (TPSA) is 78.9 Å². The number of hydrogen-bond donors (Lipinski definition) is 0. The number of hydrogen-bond acceptors (Lipinski definition) is 6. The Morgan fingerprint density at radius 2 is 0.506 bits per heavy atom. The van der Waals surface area contributed by atoms with Gasteiger partial charge >= 0.3 is 17.9 Å². The molecule has 79 heavy (non-hydrogen) atoms. The molecule has 1 unspecified atom stereocenters. The van der Waals surface area contributed by atoms with Gasteiger partial charge in [-0.15, -0.1) is 0 Å². The minimum atomic E-state index is -0.821. The number of allylic oxidation sites excluding steroid dienone is 24. The van der Waals surface area contributed by atoms with Gasteiger partial charge in [-0.05, 0) is 116 Å². The Morgan fingerprint density at radius 1 is 0.266 bits per heavy atom. The molecule has 0 N–H and O–H groups in total. The highest BCUT2D eigenvalue weighted by Crippen LogP contribution is 2.16. The molecule has 0 saturated heterocycles. The van der Waals surface area contributed by atoms with Crippen LogP contribution in [0.3, 0.4) is 0 Å². The summed E-state index contributed by atoms with van der Waals surface area (Å²) in [7, 11) is 0. The lowest BCUT2D eigenvalue weighted by molar-refractivity contribution is -0.167. The van der Waals surface area contributed by atoms with Crippen LogP contribution in [0, 0.1) is 0 Å². The highest BCUT2D eigenvalue weighted by Gasteiger charge is 2.19. The first-order chi connectivity index (χ1) is 39.0. The Bertz CT molecular complexity index is 1730. The minimum absolute atomic E-state index is 0.117. The molecule has 0 spiro atoms. The predicted octanol–water partition coefficient (Wildman–Crippen LogP) is 22.3. The third kappa shape index (κ3) is 64.0. The first-order valence-electron chi connectivity index (χ1n) is 32.3. The van der Waals surface area contributed by atoms with Gasteiger partial charge in [-0.1, -0.05) is 289 Å². The summed E-state index contributed by atoms with van der Waals surface area (Å²) in [5.74, 6) is -1.00. The fraction of sp³-hybridized carbons (Fsp3) is 0.630. The van der Waals surface area contributed by atoms with Crippen molar-refractivity contribution in [2.24, 2.45) is 0 Å². The van der Waals surface area contributed by atoms with Crippen molar-refractivity contribution < 1.29 is 28.6 Å². The molecular weight excluding hydrogens is 973 g/mol. The molecule has 0 aromatic rings. The maximum atomic E-state index is 12.9. The van der Waals surface area contributed by atoms with Crippen LogP contribution in [0.15, 0.2) is 146 Å². The Morgan fingerprint density at radius 3 is 0.823 bits per heavy atom. The molecule has 0 aliphatic heterocycles. The van der Waals surface area contributed by atoms with Gasteiger partial charge in [0.05, 0.1) is 0 Å². The molecule has 0 rings (SSSR count). The van der Waals surface area contributed by atoms with Crippen LogP contribution < -0.4 is 0 Å². The van der Waals surface area contributed by atoms with Gasteiger partial charge in [-0.3, -0.25) is 14.4 Å². The van der Waals surface area contributed by atoms with Crippen LogP contribution in [0.2, 0.25) is 0 Å². The standard InChI is InChI=1S/C73H118O6/c1-4-7-10-13-16-19-22-25-28-31-33-34-35-36-37-38-40-42-45-48-51-54-57-60-63-66-72(75)78-69-70(68-77-71(74)65-62-59-56-53-50-47-44-41-30-27-24-21-18-15-12-9-6-3)79-73(76)67-64-61-58-55-52-49-46-43-39-32-29-26-23-20-17-14-11-8-5-2/h7,9-10,12,16,18-19,21,25,27-28,30,33-34,36-37,40,42,44,47-48,51,53,56,70H,4-6,8,11,13-15,17,20,22-24,26,29,31-32,35,38-39,41,43,45-46,49-50,52,54-55,57-69H2,1-3H3/b10-7-,12-9-,19-16-,21-18-,28-25-,30-27-,34-33-,37-36-,42-40-,47-44-,51-48-,56-53-. The molecule has 0 aliphatic rings. The maximum absolute atomic E-state index is 12.9. The molecule has 0 aromatic heterocycles. The Balaban J connectivity index is 4.52. The van der Waals surface area contributed by atoms with Crippen LogP contribution in [0.1, 0.15) is 278 Å². The van der Waals surface area contributed by atoms with E-state index in [2.05, 4.69) is 167 Å². The van der Waals surface area contributed by atoms with Crippen LogP contribution in [0.25, 0.3) is 0 Å². The summed E-state index contributed by atoms with van der Waals surface area (Å²) in [6, 6.07) is 0. The highest BCUT2D eigenvalue weighted by molar-refractivity contribution is 5.71. The van der Waals surface area contributed by atoms with Gasteiger partial charge in [0.15, 0.2) is 6.10 Å². The molecule has 0 radical (unpaired) electrons. The monoisotopic (exact) mass is 1090 g/mol. The first kappa shape index (κ1) is 74.3. The normalized spacial score (nSPS) is 13.1. The molecule has 0 heterocycles. The van der Waals surface area contributed by atoms with E-state index < -0.39 is 6.10 Å². The predicted molar refractivity (Wildman–Crippen MR) is 343 cm³/mol. The largest absolute Gasteiger partial charge is 0.462 e. The number of unbranched alkanes of at least 4 members (excludes halogenated alkanes) is 22. The lowest BCUT2D eigenvalue weighted by Crippen LogP contribution is -2.30. The number of carbonyl (C=O) groups is 3. The Labute approximate surface area is 487 Å². The molecule has 0 saturated carbocycles. The molecule has 1 atom stereocenters. The van der Waals surface area contributed by atoms with E-state index in [0.717, 1.165) is 128 Å². The van der Waals surface area contributed by atoms with E-state index in [0.29, 0.717) is 19.3 Å².